The lowest BCUT2D eigenvalue weighted by molar-refractivity contribution is 0.343. The third-order valence-corrected chi connectivity index (χ3v) is 3.59. The molecule has 0 aliphatic carbocycles. The van der Waals surface area contributed by atoms with Crippen molar-refractivity contribution in [1.82, 2.24) is 19.3 Å². The first-order valence-corrected chi connectivity index (χ1v) is 5.94. The zero-order valence-corrected chi connectivity index (χ0v) is 11.3. The molecule has 0 aliphatic rings. The van der Waals surface area contributed by atoms with E-state index in [4.69, 9.17) is 12.2 Å². The Kier molecular flexibility index (Phi) is 2.45. The maximum atomic E-state index is 5.41. The molecular formula is C11H18N4S. The van der Waals surface area contributed by atoms with Crippen molar-refractivity contribution in [3.05, 3.63) is 10.5 Å². The number of hydrogen-bond acceptors (Lipinski definition) is 2. The number of nitrogens with zero attached hydrogens (tertiary/aromatic N) is 3. The third kappa shape index (κ3) is 1.42. The molecule has 0 amide bonds. The molecule has 2 heterocycles. The number of fused-ring (bicyclic) bond motifs is 1. The summed E-state index contributed by atoms with van der Waals surface area (Å²) in [7, 11) is 1.96. The summed E-state index contributed by atoms with van der Waals surface area (Å²) < 4.78 is 4.84. The lowest BCUT2D eigenvalue weighted by Crippen LogP contribution is -2.26. The number of hydrogen-bond donors (Lipinski definition) is 1. The summed E-state index contributed by atoms with van der Waals surface area (Å²) in [5.41, 5.74) is 3.13. The highest BCUT2D eigenvalue weighted by molar-refractivity contribution is 7.71. The molecule has 0 fully saturated rings. The summed E-state index contributed by atoms with van der Waals surface area (Å²) in [6.07, 6.45) is 1.03. The molecular weight excluding hydrogens is 220 g/mol. The van der Waals surface area contributed by atoms with E-state index in [1.807, 2.05) is 18.7 Å². The Morgan fingerprint density at radius 1 is 1.44 bits per heavy atom. The van der Waals surface area contributed by atoms with Gasteiger partial charge in [0.05, 0.1) is 5.69 Å². The van der Waals surface area contributed by atoms with E-state index >= 15 is 0 Å². The fraction of sp³-hybridized carbons (Fsp3) is 0.636. The fourth-order valence-electron chi connectivity index (χ4n) is 2.03. The molecule has 0 saturated carbocycles. The average molecular weight is 238 g/mol. The van der Waals surface area contributed by atoms with E-state index in [1.165, 1.54) is 0 Å². The summed E-state index contributed by atoms with van der Waals surface area (Å²) >= 11 is 5.41. The van der Waals surface area contributed by atoms with Crippen LogP contribution in [0, 0.1) is 11.7 Å². The van der Waals surface area contributed by atoms with E-state index in [1.54, 1.807) is 0 Å². The van der Waals surface area contributed by atoms with Crippen molar-refractivity contribution in [3.8, 4) is 0 Å². The van der Waals surface area contributed by atoms with Crippen LogP contribution in [0.25, 0.3) is 11.2 Å². The number of imidazole rings is 1. The largest absolute Gasteiger partial charge is 0.328 e. The molecule has 2 aromatic rings. The van der Waals surface area contributed by atoms with Gasteiger partial charge in [-0.25, -0.2) is 0 Å². The number of rotatable bonds is 2. The Bertz CT molecular complexity index is 585. The lowest BCUT2D eigenvalue weighted by atomic mass is 10.0. The van der Waals surface area contributed by atoms with E-state index in [2.05, 4.69) is 35.4 Å². The predicted octanol–water partition coefficient (Wildman–Crippen LogP) is 2.89. The third-order valence-electron chi connectivity index (χ3n) is 3.31. The minimum Gasteiger partial charge on any atom is -0.328 e. The maximum Gasteiger partial charge on any atom is 0.179 e. The monoisotopic (exact) mass is 238 g/mol. The summed E-state index contributed by atoms with van der Waals surface area (Å²) in [5.74, 6) is 0. The van der Waals surface area contributed by atoms with Gasteiger partial charge in [0.15, 0.2) is 10.4 Å². The summed E-state index contributed by atoms with van der Waals surface area (Å²) in [5, 5.41) is 4.42. The van der Waals surface area contributed by atoms with Crippen LogP contribution < -0.4 is 0 Å². The average Bonchev–Trinajstić information content (AvgIpc) is 2.66. The molecule has 2 rings (SSSR count). The van der Waals surface area contributed by atoms with Gasteiger partial charge in [-0.05, 0) is 39.4 Å². The molecule has 5 heteroatoms. The molecule has 16 heavy (non-hydrogen) atoms. The highest BCUT2D eigenvalue weighted by Gasteiger charge is 2.24. The van der Waals surface area contributed by atoms with Crippen LogP contribution in [0.15, 0.2) is 0 Å². The van der Waals surface area contributed by atoms with Gasteiger partial charge in [0, 0.05) is 12.6 Å². The molecule has 88 valence electrons. The topological polar surface area (TPSA) is 38.5 Å². The summed E-state index contributed by atoms with van der Waals surface area (Å²) in [6, 6.07) is 0. The molecule has 0 aliphatic heterocycles. The quantitative estimate of drug-likeness (QED) is 0.817. The second-order valence-corrected chi connectivity index (χ2v) is 5.23. The van der Waals surface area contributed by atoms with Crippen molar-refractivity contribution in [2.45, 2.75) is 39.7 Å². The van der Waals surface area contributed by atoms with Gasteiger partial charge in [0.1, 0.15) is 5.52 Å². The van der Waals surface area contributed by atoms with Crippen molar-refractivity contribution in [3.63, 3.8) is 0 Å². The lowest BCUT2D eigenvalue weighted by Gasteiger charge is -2.25. The maximum absolute atomic E-state index is 5.41. The normalized spacial score (nSPS) is 12.6. The Morgan fingerprint density at radius 3 is 2.62 bits per heavy atom. The number of nitrogens with one attached hydrogen (secondary N) is 1. The number of aryl methyl sites for hydroxylation is 2. The van der Waals surface area contributed by atoms with Crippen LogP contribution in [-0.2, 0) is 12.6 Å². The second-order valence-electron chi connectivity index (χ2n) is 4.84. The van der Waals surface area contributed by atoms with Crippen LogP contribution in [0.1, 0.15) is 32.9 Å². The molecule has 0 radical (unpaired) electrons. The van der Waals surface area contributed by atoms with Crippen molar-refractivity contribution in [2.24, 2.45) is 7.05 Å². The molecule has 0 atom stereocenters. The number of aromatic amines is 1. The van der Waals surface area contributed by atoms with Gasteiger partial charge in [0.25, 0.3) is 0 Å². The van der Waals surface area contributed by atoms with Crippen LogP contribution in [0.5, 0.6) is 0 Å². The SMILES string of the molecule is CCC(C)(C)n1c(=S)[nH]c2c(C)nn(C)c21. The minimum absolute atomic E-state index is 0.00949. The van der Waals surface area contributed by atoms with Gasteiger partial charge >= 0.3 is 0 Å². The smallest absolute Gasteiger partial charge is 0.179 e. The summed E-state index contributed by atoms with van der Waals surface area (Å²) in [4.78, 5) is 3.25. The van der Waals surface area contributed by atoms with Gasteiger partial charge in [-0.3, -0.25) is 9.25 Å². The van der Waals surface area contributed by atoms with Crippen LogP contribution in [0.3, 0.4) is 0 Å². The Balaban J connectivity index is 2.88. The first-order valence-electron chi connectivity index (χ1n) is 5.53. The van der Waals surface area contributed by atoms with Crippen molar-refractivity contribution < 1.29 is 0 Å². The first-order chi connectivity index (χ1) is 7.38. The Morgan fingerprint density at radius 2 is 2.06 bits per heavy atom. The van der Waals surface area contributed by atoms with Gasteiger partial charge in [-0.2, -0.15) is 5.10 Å². The van der Waals surface area contributed by atoms with E-state index in [0.717, 1.165) is 28.0 Å². The molecule has 0 unspecified atom stereocenters. The molecule has 0 aromatic carbocycles. The van der Waals surface area contributed by atoms with E-state index in [0.29, 0.717) is 0 Å². The highest BCUT2D eigenvalue weighted by Crippen LogP contribution is 2.27. The zero-order valence-electron chi connectivity index (χ0n) is 10.5. The van der Waals surface area contributed by atoms with Gasteiger partial charge in [-0.1, -0.05) is 6.92 Å². The number of H-pyrrole nitrogens is 1. The van der Waals surface area contributed by atoms with Gasteiger partial charge in [0.2, 0.25) is 0 Å². The number of aromatic nitrogens is 4. The fourth-order valence-corrected chi connectivity index (χ4v) is 2.46. The molecule has 0 saturated heterocycles. The van der Waals surface area contributed by atoms with E-state index < -0.39 is 0 Å². The Hall–Kier alpha value is -1.10. The van der Waals surface area contributed by atoms with Crippen LogP contribution in [-0.4, -0.2) is 19.3 Å². The van der Waals surface area contributed by atoms with Crippen molar-refractivity contribution in [2.75, 3.05) is 0 Å². The zero-order chi connectivity index (χ0) is 12.1. The van der Waals surface area contributed by atoms with E-state index in [-0.39, 0.29) is 5.54 Å². The van der Waals surface area contributed by atoms with Crippen LogP contribution in [0.4, 0.5) is 0 Å². The highest BCUT2D eigenvalue weighted by atomic mass is 32.1. The first kappa shape index (κ1) is 11.4. The molecule has 0 spiro atoms. The van der Waals surface area contributed by atoms with Crippen molar-refractivity contribution in [1.29, 1.82) is 0 Å². The molecule has 1 N–H and O–H groups in total. The minimum atomic E-state index is 0.00949. The second kappa shape index (κ2) is 3.45. The standard InChI is InChI=1S/C11H18N4S/c1-6-11(3,4)15-9-8(12-10(15)16)7(2)13-14(9)5/h6H2,1-5H3,(H,12,16). The molecule has 0 bridgehead atoms. The van der Waals surface area contributed by atoms with Gasteiger partial charge in [-0.15, -0.1) is 0 Å². The van der Waals surface area contributed by atoms with Crippen LogP contribution in [0.2, 0.25) is 0 Å². The molecule has 4 nitrogen and oxygen atoms in total. The van der Waals surface area contributed by atoms with Gasteiger partial charge < -0.3 is 4.98 Å². The Labute approximate surface area is 100 Å². The van der Waals surface area contributed by atoms with Crippen LogP contribution >= 0.6 is 12.2 Å². The van der Waals surface area contributed by atoms with Crippen molar-refractivity contribution >= 4 is 23.4 Å². The van der Waals surface area contributed by atoms with E-state index in [9.17, 15) is 0 Å². The summed E-state index contributed by atoms with van der Waals surface area (Å²) in [6.45, 7) is 8.55. The molecule has 2 aromatic heterocycles. The predicted molar refractivity (Wildman–Crippen MR) is 68.2 cm³/mol.